The standard InChI is InChI=1S/C17H21N3O4S/c1-20(25(3,22)23)11-10-19-17(21)14-7-4-6-13(12-14)16-15(24-2)8-5-9-18-16/h4-9,12H,10-11H2,1-3H3,(H,19,21). The molecule has 1 N–H and O–H groups in total. The number of hydrogen-bond donors (Lipinski definition) is 1. The third-order valence-corrected chi connectivity index (χ3v) is 4.98. The maximum Gasteiger partial charge on any atom is 0.251 e. The lowest BCUT2D eigenvalue weighted by Gasteiger charge is -2.14. The Labute approximate surface area is 147 Å². The largest absolute Gasteiger partial charge is 0.494 e. The monoisotopic (exact) mass is 363 g/mol. The molecule has 134 valence electrons. The molecule has 8 heteroatoms. The van der Waals surface area contributed by atoms with E-state index in [1.807, 2.05) is 6.07 Å². The number of rotatable bonds is 7. The molecule has 1 aromatic carbocycles. The van der Waals surface area contributed by atoms with Crippen molar-refractivity contribution in [2.75, 3.05) is 33.5 Å². The van der Waals surface area contributed by atoms with Gasteiger partial charge in [-0.05, 0) is 24.3 Å². The number of nitrogens with one attached hydrogen (secondary N) is 1. The third kappa shape index (κ3) is 5.01. The van der Waals surface area contributed by atoms with E-state index in [1.54, 1.807) is 43.6 Å². The van der Waals surface area contributed by atoms with Gasteiger partial charge in [0, 0.05) is 37.5 Å². The highest BCUT2D eigenvalue weighted by Crippen LogP contribution is 2.27. The smallest absolute Gasteiger partial charge is 0.251 e. The van der Waals surface area contributed by atoms with Crippen molar-refractivity contribution in [3.05, 3.63) is 48.2 Å². The Morgan fingerprint density at radius 1 is 1.28 bits per heavy atom. The fourth-order valence-corrected chi connectivity index (χ4v) is 2.60. The molecule has 0 saturated carbocycles. The average Bonchev–Trinajstić information content (AvgIpc) is 2.60. The average molecular weight is 363 g/mol. The number of nitrogens with zero attached hydrogens (tertiary/aromatic N) is 2. The first kappa shape index (κ1) is 18.9. The minimum Gasteiger partial charge on any atom is -0.494 e. The number of sulfonamides is 1. The van der Waals surface area contributed by atoms with Crippen molar-refractivity contribution in [2.24, 2.45) is 0 Å². The Bertz CT molecular complexity index is 852. The van der Waals surface area contributed by atoms with Crippen LogP contribution in [-0.4, -0.2) is 57.1 Å². The summed E-state index contributed by atoms with van der Waals surface area (Å²) < 4.78 is 29.1. The van der Waals surface area contributed by atoms with Crippen molar-refractivity contribution in [1.82, 2.24) is 14.6 Å². The van der Waals surface area contributed by atoms with Crippen LogP contribution in [0.3, 0.4) is 0 Å². The molecule has 0 atom stereocenters. The molecule has 1 amide bonds. The van der Waals surface area contributed by atoms with Crippen LogP contribution >= 0.6 is 0 Å². The van der Waals surface area contributed by atoms with Crippen molar-refractivity contribution < 1.29 is 17.9 Å². The van der Waals surface area contributed by atoms with Crippen LogP contribution in [0.5, 0.6) is 5.75 Å². The molecule has 1 heterocycles. The van der Waals surface area contributed by atoms with Crippen LogP contribution in [0.2, 0.25) is 0 Å². The summed E-state index contributed by atoms with van der Waals surface area (Å²) >= 11 is 0. The van der Waals surface area contributed by atoms with Gasteiger partial charge < -0.3 is 10.1 Å². The zero-order valence-electron chi connectivity index (χ0n) is 14.4. The van der Waals surface area contributed by atoms with Crippen LogP contribution < -0.4 is 10.1 Å². The van der Waals surface area contributed by atoms with E-state index in [9.17, 15) is 13.2 Å². The lowest BCUT2D eigenvalue weighted by molar-refractivity contribution is 0.0952. The lowest BCUT2D eigenvalue weighted by atomic mass is 10.1. The van der Waals surface area contributed by atoms with Crippen LogP contribution in [0.1, 0.15) is 10.4 Å². The van der Waals surface area contributed by atoms with E-state index in [1.165, 1.54) is 11.4 Å². The van der Waals surface area contributed by atoms with E-state index in [2.05, 4.69) is 10.3 Å². The Balaban J connectivity index is 2.09. The molecule has 0 aliphatic heterocycles. The topological polar surface area (TPSA) is 88.6 Å². The van der Waals surface area contributed by atoms with Gasteiger partial charge in [-0.2, -0.15) is 0 Å². The maximum atomic E-state index is 12.3. The molecule has 0 saturated heterocycles. The van der Waals surface area contributed by atoms with Gasteiger partial charge in [0.25, 0.3) is 5.91 Å². The molecule has 0 bridgehead atoms. The maximum absolute atomic E-state index is 12.3. The summed E-state index contributed by atoms with van der Waals surface area (Å²) in [6.45, 7) is 0.428. The highest BCUT2D eigenvalue weighted by Gasteiger charge is 2.13. The minimum atomic E-state index is -3.26. The zero-order chi connectivity index (χ0) is 18.4. The first-order valence-corrected chi connectivity index (χ1v) is 9.46. The first-order valence-electron chi connectivity index (χ1n) is 7.62. The summed E-state index contributed by atoms with van der Waals surface area (Å²) in [6, 6.07) is 10.6. The molecular weight excluding hydrogens is 342 g/mol. The third-order valence-electron chi connectivity index (χ3n) is 3.67. The summed E-state index contributed by atoms with van der Waals surface area (Å²) in [7, 11) is -0.223. The second kappa shape index (κ2) is 8.09. The van der Waals surface area contributed by atoms with E-state index in [0.717, 1.165) is 11.8 Å². The SMILES string of the molecule is COc1cccnc1-c1cccc(C(=O)NCCN(C)S(C)(=O)=O)c1. The number of hydrogen-bond acceptors (Lipinski definition) is 5. The second-order valence-electron chi connectivity index (χ2n) is 5.48. The molecule has 2 rings (SSSR count). The number of methoxy groups -OCH3 is 1. The summed E-state index contributed by atoms with van der Waals surface area (Å²) in [5.41, 5.74) is 1.88. The number of aromatic nitrogens is 1. The number of carbonyl (C=O) groups is 1. The molecular formula is C17H21N3O4S. The predicted molar refractivity (Wildman–Crippen MR) is 96.0 cm³/mol. The molecule has 2 aromatic rings. The number of amides is 1. The molecule has 25 heavy (non-hydrogen) atoms. The highest BCUT2D eigenvalue weighted by molar-refractivity contribution is 7.88. The van der Waals surface area contributed by atoms with Crippen LogP contribution in [0.25, 0.3) is 11.3 Å². The van der Waals surface area contributed by atoms with Crippen LogP contribution in [0.4, 0.5) is 0 Å². The molecule has 0 fully saturated rings. The van der Waals surface area contributed by atoms with Crippen molar-refractivity contribution in [2.45, 2.75) is 0 Å². The number of carbonyl (C=O) groups excluding carboxylic acids is 1. The second-order valence-corrected chi connectivity index (χ2v) is 7.56. The van der Waals surface area contributed by atoms with Gasteiger partial charge in [0.15, 0.2) is 0 Å². The summed E-state index contributed by atoms with van der Waals surface area (Å²) in [6.07, 6.45) is 2.78. The number of likely N-dealkylation sites (N-methyl/N-ethyl adjacent to an activating group) is 1. The van der Waals surface area contributed by atoms with E-state index < -0.39 is 10.0 Å². The molecule has 0 radical (unpaired) electrons. The van der Waals surface area contributed by atoms with Crippen molar-refractivity contribution in [1.29, 1.82) is 0 Å². The normalized spacial score (nSPS) is 11.4. The number of pyridine rings is 1. The fourth-order valence-electron chi connectivity index (χ4n) is 2.17. The van der Waals surface area contributed by atoms with E-state index in [-0.39, 0.29) is 19.0 Å². The molecule has 0 aliphatic rings. The Morgan fingerprint density at radius 3 is 2.72 bits per heavy atom. The van der Waals surface area contributed by atoms with Crippen LogP contribution in [-0.2, 0) is 10.0 Å². The van der Waals surface area contributed by atoms with E-state index in [4.69, 9.17) is 4.74 Å². The minimum absolute atomic E-state index is 0.207. The van der Waals surface area contributed by atoms with Gasteiger partial charge in [0.1, 0.15) is 11.4 Å². The molecule has 1 aromatic heterocycles. The Hall–Kier alpha value is -2.45. The number of ether oxygens (including phenoxy) is 1. The van der Waals surface area contributed by atoms with Gasteiger partial charge in [-0.3, -0.25) is 9.78 Å². The quantitative estimate of drug-likeness (QED) is 0.803. The van der Waals surface area contributed by atoms with E-state index >= 15 is 0 Å². The van der Waals surface area contributed by atoms with Crippen molar-refractivity contribution in [3.8, 4) is 17.0 Å². The van der Waals surface area contributed by atoms with Crippen LogP contribution in [0.15, 0.2) is 42.6 Å². The first-order chi connectivity index (χ1) is 11.8. The van der Waals surface area contributed by atoms with Crippen molar-refractivity contribution >= 4 is 15.9 Å². The highest BCUT2D eigenvalue weighted by atomic mass is 32.2. The van der Waals surface area contributed by atoms with Gasteiger partial charge in [0.05, 0.1) is 13.4 Å². The molecule has 0 spiro atoms. The molecule has 0 aliphatic carbocycles. The summed E-state index contributed by atoms with van der Waals surface area (Å²) in [5, 5.41) is 2.71. The lowest BCUT2D eigenvalue weighted by Crippen LogP contribution is -2.35. The fraction of sp³-hybridized carbons (Fsp3) is 0.294. The summed E-state index contributed by atoms with van der Waals surface area (Å²) in [4.78, 5) is 16.6. The summed E-state index contributed by atoms with van der Waals surface area (Å²) in [5.74, 6) is 0.341. The Morgan fingerprint density at radius 2 is 2.04 bits per heavy atom. The molecule has 0 unspecified atom stereocenters. The van der Waals surface area contributed by atoms with Gasteiger partial charge >= 0.3 is 0 Å². The van der Waals surface area contributed by atoms with Gasteiger partial charge in [-0.25, -0.2) is 12.7 Å². The Kier molecular flexibility index (Phi) is 6.11. The van der Waals surface area contributed by atoms with Gasteiger partial charge in [-0.15, -0.1) is 0 Å². The van der Waals surface area contributed by atoms with E-state index in [0.29, 0.717) is 17.0 Å². The van der Waals surface area contributed by atoms with Gasteiger partial charge in [0.2, 0.25) is 10.0 Å². The van der Waals surface area contributed by atoms with Crippen LogP contribution in [0, 0.1) is 0 Å². The number of benzene rings is 1. The molecule has 7 nitrogen and oxygen atoms in total. The van der Waals surface area contributed by atoms with Crippen molar-refractivity contribution in [3.63, 3.8) is 0 Å². The predicted octanol–water partition coefficient (Wildman–Crippen LogP) is 1.38. The zero-order valence-corrected chi connectivity index (χ0v) is 15.2. The van der Waals surface area contributed by atoms with Gasteiger partial charge in [-0.1, -0.05) is 12.1 Å².